The predicted molar refractivity (Wildman–Crippen MR) is 66.8 cm³/mol. The van der Waals surface area contributed by atoms with E-state index in [1.165, 1.54) is 0 Å². The van der Waals surface area contributed by atoms with Crippen molar-refractivity contribution in [2.75, 3.05) is 26.3 Å². The third kappa shape index (κ3) is 4.43. The molecule has 0 spiro atoms. The average molecular weight is 231 g/mol. The minimum atomic E-state index is 0.658. The first-order valence-electron chi connectivity index (χ1n) is 5.82. The third-order valence-corrected chi connectivity index (χ3v) is 2.79. The van der Waals surface area contributed by atoms with Crippen LogP contribution in [0.25, 0.3) is 0 Å². The van der Waals surface area contributed by atoms with Crippen LogP contribution < -0.4 is 0 Å². The number of hydrogen-bond donors (Lipinski definition) is 0. The molecule has 1 aliphatic heterocycles. The lowest BCUT2D eigenvalue weighted by Gasteiger charge is -2.36. The lowest BCUT2D eigenvalue weighted by molar-refractivity contribution is 0.140. The zero-order valence-corrected chi connectivity index (χ0v) is 11.1. The van der Waals surface area contributed by atoms with Gasteiger partial charge in [0.1, 0.15) is 5.16 Å². The monoisotopic (exact) mass is 230 g/mol. The third-order valence-electron chi connectivity index (χ3n) is 2.40. The van der Waals surface area contributed by atoms with Crippen molar-refractivity contribution < 1.29 is 0 Å². The van der Waals surface area contributed by atoms with Crippen LogP contribution in [0.1, 0.15) is 27.7 Å². The molecule has 0 aromatic carbocycles. The van der Waals surface area contributed by atoms with Gasteiger partial charge in [-0.05, 0) is 17.9 Å². The molecule has 0 fully saturated rings. The first kappa shape index (κ1) is 12.9. The molecular weight excluding hydrogens is 208 g/mol. The van der Waals surface area contributed by atoms with Crippen LogP contribution >= 0.6 is 11.6 Å². The maximum Gasteiger partial charge on any atom is 0.103 e. The van der Waals surface area contributed by atoms with Crippen molar-refractivity contribution in [3.05, 3.63) is 11.2 Å². The zero-order chi connectivity index (χ0) is 11.4. The Morgan fingerprint density at radius 1 is 1.20 bits per heavy atom. The number of rotatable bonds is 4. The van der Waals surface area contributed by atoms with Gasteiger partial charge in [-0.1, -0.05) is 39.3 Å². The van der Waals surface area contributed by atoms with Crippen LogP contribution in [-0.2, 0) is 0 Å². The van der Waals surface area contributed by atoms with Gasteiger partial charge in [-0.25, -0.2) is 0 Å². The van der Waals surface area contributed by atoms with Crippen molar-refractivity contribution in [2.45, 2.75) is 27.7 Å². The Morgan fingerprint density at radius 2 is 1.80 bits per heavy atom. The molecule has 15 heavy (non-hydrogen) atoms. The SMILES string of the molecule is CC(C)CN1CC=C(Cl)N(CC(C)C)C1. The molecule has 3 heteroatoms. The van der Waals surface area contributed by atoms with E-state index < -0.39 is 0 Å². The number of hydrogen-bond acceptors (Lipinski definition) is 2. The molecular formula is C12H23ClN2. The fraction of sp³-hybridized carbons (Fsp3) is 0.833. The molecule has 0 unspecified atom stereocenters. The van der Waals surface area contributed by atoms with E-state index in [1.807, 2.05) is 0 Å². The van der Waals surface area contributed by atoms with Gasteiger partial charge in [0.15, 0.2) is 0 Å². The van der Waals surface area contributed by atoms with Crippen molar-refractivity contribution >= 4 is 11.6 Å². The van der Waals surface area contributed by atoms with Crippen molar-refractivity contribution in [1.29, 1.82) is 0 Å². The molecule has 1 aliphatic rings. The topological polar surface area (TPSA) is 6.48 Å². The van der Waals surface area contributed by atoms with E-state index in [-0.39, 0.29) is 0 Å². The van der Waals surface area contributed by atoms with E-state index in [1.54, 1.807) is 0 Å². The van der Waals surface area contributed by atoms with Crippen LogP contribution in [0, 0.1) is 11.8 Å². The molecule has 0 amide bonds. The summed E-state index contributed by atoms with van der Waals surface area (Å²) in [6.07, 6.45) is 2.12. The van der Waals surface area contributed by atoms with Crippen LogP contribution in [0.15, 0.2) is 11.2 Å². The fourth-order valence-electron chi connectivity index (χ4n) is 1.93. The minimum absolute atomic E-state index is 0.658. The van der Waals surface area contributed by atoms with Gasteiger partial charge in [0.05, 0.1) is 6.67 Å². The van der Waals surface area contributed by atoms with Crippen molar-refractivity contribution in [3.63, 3.8) is 0 Å². The number of nitrogens with zero attached hydrogens (tertiary/aromatic N) is 2. The van der Waals surface area contributed by atoms with E-state index in [2.05, 4.69) is 43.6 Å². The zero-order valence-electron chi connectivity index (χ0n) is 10.3. The molecule has 0 atom stereocenters. The van der Waals surface area contributed by atoms with Crippen LogP contribution in [0.5, 0.6) is 0 Å². The molecule has 0 aromatic rings. The van der Waals surface area contributed by atoms with E-state index in [4.69, 9.17) is 11.6 Å². The summed E-state index contributed by atoms with van der Waals surface area (Å²) in [5, 5.41) is 0.920. The van der Waals surface area contributed by atoms with Gasteiger partial charge >= 0.3 is 0 Å². The predicted octanol–water partition coefficient (Wildman–Crippen LogP) is 2.95. The smallest absolute Gasteiger partial charge is 0.103 e. The highest BCUT2D eigenvalue weighted by atomic mass is 35.5. The quantitative estimate of drug-likeness (QED) is 0.686. The van der Waals surface area contributed by atoms with Gasteiger partial charge in [0.25, 0.3) is 0 Å². The van der Waals surface area contributed by atoms with E-state index in [9.17, 15) is 0 Å². The first-order chi connectivity index (χ1) is 6.99. The van der Waals surface area contributed by atoms with Gasteiger partial charge in [0, 0.05) is 19.6 Å². The molecule has 0 saturated carbocycles. The standard InChI is InChI=1S/C12H23ClN2/c1-10(2)7-14-6-5-12(13)15(9-14)8-11(3)4/h5,10-11H,6-9H2,1-4H3. The first-order valence-corrected chi connectivity index (χ1v) is 6.19. The van der Waals surface area contributed by atoms with Gasteiger partial charge < -0.3 is 4.90 Å². The Bertz CT molecular complexity index is 224. The highest BCUT2D eigenvalue weighted by Crippen LogP contribution is 2.18. The summed E-state index contributed by atoms with van der Waals surface area (Å²) in [5.74, 6) is 1.38. The van der Waals surface area contributed by atoms with E-state index >= 15 is 0 Å². The summed E-state index contributed by atoms with van der Waals surface area (Å²) in [7, 11) is 0. The summed E-state index contributed by atoms with van der Waals surface area (Å²) in [6, 6.07) is 0. The molecule has 2 nitrogen and oxygen atoms in total. The Balaban J connectivity index is 2.50. The molecule has 0 radical (unpaired) electrons. The highest BCUT2D eigenvalue weighted by molar-refractivity contribution is 6.29. The van der Waals surface area contributed by atoms with Crippen molar-refractivity contribution in [2.24, 2.45) is 11.8 Å². The van der Waals surface area contributed by atoms with Crippen LogP contribution in [0.4, 0.5) is 0 Å². The van der Waals surface area contributed by atoms with Crippen LogP contribution in [0.2, 0.25) is 0 Å². The second-order valence-electron chi connectivity index (χ2n) is 5.21. The Labute approximate surface area is 98.9 Å². The summed E-state index contributed by atoms with van der Waals surface area (Å²) in [5.41, 5.74) is 0. The molecule has 88 valence electrons. The lowest BCUT2D eigenvalue weighted by atomic mass is 10.2. The van der Waals surface area contributed by atoms with Crippen molar-refractivity contribution in [3.8, 4) is 0 Å². The Kier molecular flexibility index (Phi) is 4.94. The van der Waals surface area contributed by atoms with Gasteiger partial charge in [-0.3, -0.25) is 4.90 Å². The molecule has 1 heterocycles. The number of halogens is 1. The largest absolute Gasteiger partial charge is 0.349 e. The van der Waals surface area contributed by atoms with Crippen LogP contribution in [-0.4, -0.2) is 36.1 Å². The normalized spacial score (nSPS) is 18.9. The fourth-order valence-corrected chi connectivity index (χ4v) is 2.13. The summed E-state index contributed by atoms with van der Waals surface area (Å²) >= 11 is 6.19. The molecule has 1 rings (SSSR count). The minimum Gasteiger partial charge on any atom is -0.349 e. The second-order valence-corrected chi connectivity index (χ2v) is 5.60. The average Bonchev–Trinajstić information content (AvgIpc) is 2.09. The summed E-state index contributed by atoms with van der Waals surface area (Å²) in [4.78, 5) is 4.71. The lowest BCUT2D eigenvalue weighted by Crippen LogP contribution is -2.43. The molecule has 0 aliphatic carbocycles. The molecule has 0 saturated heterocycles. The molecule has 0 N–H and O–H groups in total. The second kappa shape index (κ2) is 5.76. The van der Waals surface area contributed by atoms with Crippen molar-refractivity contribution in [1.82, 2.24) is 9.80 Å². The summed E-state index contributed by atoms with van der Waals surface area (Å²) in [6.45, 7) is 13.1. The summed E-state index contributed by atoms with van der Waals surface area (Å²) < 4.78 is 0. The molecule has 0 aromatic heterocycles. The van der Waals surface area contributed by atoms with Gasteiger partial charge in [-0.2, -0.15) is 0 Å². The highest BCUT2D eigenvalue weighted by Gasteiger charge is 2.18. The maximum atomic E-state index is 6.19. The van der Waals surface area contributed by atoms with E-state index in [0.717, 1.165) is 37.4 Å². The van der Waals surface area contributed by atoms with Crippen LogP contribution in [0.3, 0.4) is 0 Å². The Hall–Kier alpha value is -0.210. The van der Waals surface area contributed by atoms with E-state index in [0.29, 0.717) is 5.92 Å². The molecule has 0 bridgehead atoms. The Morgan fingerprint density at radius 3 is 2.33 bits per heavy atom. The maximum absolute atomic E-state index is 6.19. The van der Waals surface area contributed by atoms with Gasteiger partial charge in [0.2, 0.25) is 0 Å². The van der Waals surface area contributed by atoms with Gasteiger partial charge in [-0.15, -0.1) is 0 Å².